The number of imide groups is 1. The van der Waals surface area contributed by atoms with Crippen molar-refractivity contribution in [1.82, 2.24) is 4.90 Å². The standard InChI is InChI=1S/C21H23N3O8/c1-12-9-16(24(29)30)17(31-2)10-15(12)22-18(25)11-32-19(26)7-8-23-20(27)13-5-3-4-6-14(13)21(23)28/h3-4,9-10,13-14H,5-8,11H2,1-2H3,(H,22,25)/t13-,14-/m0/s1. The number of nitrogens with zero attached hydrogens (tertiary/aromatic N) is 2. The van der Waals surface area contributed by atoms with Gasteiger partial charge in [-0.2, -0.15) is 0 Å². The number of benzene rings is 1. The summed E-state index contributed by atoms with van der Waals surface area (Å²) in [5.74, 6) is -2.69. The zero-order chi connectivity index (χ0) is 23.4. The molecule has 170 valence electrons. The van der Waals surface area contributed by atoms with E-state index in [4.69, 9.17) is 9.47 Å². The summed E-state index contributed by atoms with van der Waals surface area (Å²) in [7, 11) is 1.27. The second-order valence-corrected chi connectivity index (χ2v) is 7.54. The lowest BCUT2D eigenvalue weighted by Crippen LogP contribution is -2.33. The average molecular weight is 445 g/mol. The Bertz CT molecular complexity index is 977. The van der Waals surface area contributed by atoms with Crippen LogP contribution < -0.4 is 10.1 Å². The first kappa shape index (κ1) is 22.9. The number of esters is 1. The van der Waals surface area contributed by atoms with Crippen LogP contribution in [0, 0.1) is 28.9 Å². The molecule has 1 N–H and O–H groups in total. The summed E-state index contributed by atoms with van der Waals surface area (Å²) < 4.78 is 9.90. The third kappa shape index (κ3) is 4.76. The van der Waals surface area contributed by atoms with Crippen molar-refractivity contribution in [1.29, 1.82) is 0 Å². The predicted molar refractivity (Wildman–Crippen MR) is 111 cm³/mol. The fourth-order valence-corrected chi connectivity index (χ4v) is 3.81. The monoisotopic (exact) mass is 445 g/mol. The number of likely N-dealkylation sites (tertiary alicyclic amines) is 1. The summed E-state index contributed by atoms with van der Waals surface area (Å²) in [6.07, 6.45) is 4.57. The number of nitro groups is 1. The number of ether oxygens (including phenoxy) is 2. The first-order chi connectivity index (χ1) is 15.2. The minimum absolute atomic E-state index is 0.0244. The summed E-state index contributed by atoms with van der Waals surface area (Å²) >= 11 is 0. The molecule has 11 nitrogen and oxygen atoms in total. The fourth-order valence-electron chi connectivity index (χ4n) is 3.81. The van der Waals surface area contributed by atoms with E-state index in [1.54, 1.807) is 6.92 Å². The van der Waals surface area contributed by atoms with Crippen LogP contribution in [0.3, 0.4) is 0 Å². The van der Waals surface area contributed by atoms with Crippen molar-refractivity contribution in [2.24, 2.45) is 11.8 Å². The van der Waals surface area contributed by atoms with Gasteiger partial charge < -0.3 is 14.8 Å². The topological polar surface area (TPSA) is 145 Å². The van der Waals surface area contributed by atoms with Gasteiger partial charge in [0.2, 0.25) is 11.8 Å². The largest absolute Gasteiger partial charge is 0.490 e. The third-order valence-corrected chi connectivity index (χ3v) is 5.50. The first-order valence-corrected chi connectivity index (χ1v) is 10.0. The highest BCUT2D eigenvalue weighted by Crippen LogP contribution is 2.35. The van der Waals surface area contributed by atoms with E-state index in [1.165, 1.54) is 19.2 Å². The van der Waals surface area contributed by atoms with Crippen LogP contribution in [-0.4, -0.2) is 53.8 Å². The highest BCUT2D eigenvalue weighted by atomic mass is 16.6. The number of fused-ring (bicyclic) bond motifs is 1. The molecule has 1 fully saturated rings. The molecule has 2 aliphatic rings. The van der Waals surface area contributed by atoms with Gasteiger partial charge in [-0.25, -0.2) is 0 Å². The summed E-state index contributed by atoms with van der Waals surface area (Å²) in [6.45, 7) is 0.893. The number of nitro benzene ring substituents is 1. The Morgan fingerprint density at radius 2 is 1.81 bits per heavy atom. The summed E-state index contributed by atoms with van der Waals surface area (Å²) in [6, 6.07) is 2.57. The highest BCUT2D eigenvalue weighted by molar-refractivity contribution is 6.05. The molecule has 1 aliphatic carbocycles. The lowest BCUT2D eigenvalue weighted by molar-refractivity contribution is -0.385. The van der Waals surface area contributed by atoms with E-state index in [-0.39, 0.29) is 53.7 Å². The Morgan fingerprint density at radius 3 is 2.38 bits per heavy atom. The summed E-state index contributed by atoms with van der Waals surface area (Å²) in [5, 5.41) is 13.6. The van der Waals surface area contributed by atoms with Gasteiger partial charge in [0.1, 0.15) is 0 Å². The van der Waals surface area contributed by atoms with Gasteiger partial charge >= 0.3 is 11.7 Å². The van der Waals surface area contributed by atoms with Crippen LogP contribution in [0.15, 0.2) is 24.3 Å². The molecule has 0 saturated carbocycles. The van der Waals surface area contributed by atoms with Crippen LogP contribution >= 0.6 is 0 Å². The second kappa shape index (κ2) is 9.58. The first-order valence-electron chi connectivity index (χ1n) is 10.0. The van der Waals surface area contributed by atoms with Gasteiger partial charge in [-0.3, -0.25) is 34.2 Å². The Balaban J connectivity index is 1.49. The molecule has 1 aromatic carbocycles. The number of carbonyl (C=O) groups is 4. The molecule has 0 spiro atoms. The second-order valence-electron chi connectivity index (χ2n) is 7.54. The van der Waals surface area contributed by atoms with E-state index >= 15 is 0 Å². The molecule has 1 heterocycles. The lowest BCUT2D eigenvalue weighted by atomic mass is 9.85. The zero-order valence-corrected chi connectivity index (χ0v) is 17.7. The van der Waals surface area contributed by atoms with Crippen LogP contribution in [0.25, 0.3) is 0 Å². The molecular weight excluding hydrogens is 422 g/mol. The molecule has 11 heteroatoms. The SMILES string of the molecule is COc1cc(NC(=O)COC(=O)CCN2C(=O)[C@H]3CC=CC[C@@H]3C2=O)c(C)cc1[N+](=O)[O-]. The number of nitrogens with one attached hydrogen (secondary N) is 1. The van der Waals surface area contributed by atoms with Crippen molar-refractivity contribution in [2.75, 3.05) is 25.6 Å². The normalized spacial score (nSPS) is 19.5. The Labute approximate surface area is 183 Å². The molecule has 1 saturated heterocycles. The molecule has 0 unspecified atom stereocenters. The van der Waals surface area contributed by atoms with Crippen LogP contribution in [0.1, 0.15) is 24.8 Å². The van der Waals surface area contributed by atoms with E-state index in [0.717, 1.165) is 4.90 Å². The summed E-state index contributed by atoms with van der Waals surface area (Å²) in [4.78, 5) is 60.5. The number of hydrogen-bond donors (Lipinski definition) is 1. The minimum atomic E-state index is -0.730. The molecule has 3 amide bonds. The number of carbonyl (C=O) groups excluding carboxylic acids is 4. The van der Waals surface area contributed by atoms with Crippen molar-refractivity contribution >= 4 is 35.1 Å². The van der Waals surface area contributed by atoms with Crippen molar-refractivity contribution in [3.05, 3.63) is 40.0 Å². The lowest BCUT2D eigenvalue weighted by Gasteiger charge is -2.14. The number of amides is 3. The highest BCUT2D eigenvalue weighted by Gasteiger charge is 2.46. The fraction of sp³-hybridized carbons (Fsp3) is 0.429. The molecular formula is C21H23N3O8. The molecule has 3 rings (SSSR count). The number of hydrogen-bond acceptors (Lipinski definition) is 8. The number of allylic oxidation sites excluding steroid dienone is 2. The third-order valence-electron chi connectivity index (χ3n) is 5.50. The van der Waals surface area contributed by atoms with Crippen LogP contribution in [0.5, 0.6) is 5.75 Å². The van der Waals surface area contributed by atoms with Gasteiger partial charge in [0, 0.05) is 24.4 Å². The number of anilines is 1. The van der Waals surface area contributed by atoms with Gasteiger partial charge in [0.25, 0.3) is 5.91 Å². The maximum absolute atomic E-state index is 12.4. The van der Waals surface area contributed by atoms with Gasteiger partial charge in [-0.05, 0) is 25.3 Å². The molecule has 2 atom stereocenters. The van der Waals surface area contributed by atoms with Gasteiger partial charge in [0.05, 0.1) is 30.3 Å². The van der Waals surface area contributed by atoms with Crippen molar-refractivity contribution in [2.45, 2.75) is 26.2 Å². The predicted octanol–water partition coefficient (Wildman–Crippen LogP) is 1.73. The molecule has 0 aromatic heterocycles. The van der Waals surface area contributed by atoms with Crippen molar-refractivity contribution in [3.8, 4) is 5.75 Å². The quantitative estimate of drug-likeness (QED) is 0.209. The van der Waals surface area contributed by atoms with Gasteiger partial charge in [-0.15, -0.1) is 0 Å². The van der Waals surface area contributed by atoms with E-state index in [9.17, 15) is 29.3 Å². The van der Waals surface area contributed by atoms with E-state index in [1.807, 2.05) is 12.2 Å². The van der Waals surface area contributed by atoms with Gasteiger partial charge in [0.15, 0.2) is 12.4 Å². The van der Waals surface area contributed by atoms with Crippen LogP contribution in [-0.2, 0) is 23.9 Å². The van der Waals surface area contributed by atoms with E-state index in [0.29, 0.717) is 18.4 Å². The molecule has 1 aliphatic heterocycles. The van der Waals surface area contributed by atoms with Crippen molar-refractivity contribution in [3.63, 3.8) is 0 Å². The maximum Gasteiger partial charge on any atom is 0.311 e. The summed E-state index contributed by atoms with van der Waals surface area (Å²) in [5.41, 5.74) is 0.466. The van der Waals surface area contributed by atoms with Crippen LogP contribution in [0.2, 0.25) is 0 Å². The smallest absolute Gasteiger partial charge is 0.311 e. The number of methoxy groups -OCH3 is 1. The van der Waals surface area contributed by atoms with Crippen LogP contribution in [0.4, 0.5) is 11.4 Å². The maximum atomic E-state index is 12.4. The van der Waals surface area contributed by atoms with Crippen molar-refractivity contribution < 1.29 is 33.6 Å². The average Bonchev–Trinajstić information content (AvgIpc) is 3.01. The Kier molecular flexibility index (Phi) is 6.86. The van der Waals surface area contributed by atoms with E-state index in [2.05, 4.69) is 5.32 Å². The molecule has 0 radical (unpaired) electrons. The molecule has 32 heavy (non-hydrogen) atoms. The zero-order valence-electron chi connectivity index (χ0n) is 17.7. The minimum Gasteiger partial charge on any atom is -0.490 e. The van der Waals surface area contributed by atoms with E-state index < -0.39 is 23.4 Å². The molecule has 0 bridgehead atoms. The Hall–Kier alpha value is -3.76. The molecule has 1 aromatic rings. The number of aryl methyl sites for hydroxylation is 1. The Morgan fingerprint density at radius 1 is 1.19 bits per heavy atom. The van der Waals surface area contributed by atoms with Gasteiger partial charge in [-0.1, -0.05) is 12.2 Å². The number of rotatable bonds is 8.